The van der Waals surface area contributed by atoms with Gasteiger partial charge in [-0.15, -0.1) is 0 Å². The van der Waals surface area contributed by atoms with E-state index in [0.717, 1.165) is 22.5 Å². The fourth-order valence-corrected chi connectivity index (χ4v) is 3.51. The number of carbonyl (C=O) groups excluding carboxylic acids is 3. The zero-order valence-corrected chi connectivity index (χ0v) is 19.2. The first-order valence-electron chi connectivity index (χ1n) is 10.7. The second-order valence-electron chi connectivity index (χ2n) is 8.15. The van der Waals surface area contributed by atoms with Gasteiger partial charge < -0.3 is 21.7 Å². The van der Waals surface area contributed by atoms with Crippen LogP contribution in [-0.2, 0) is 17.8 Å². The summed E-state index contributed by atoms with van der Waals surface area (Å²) in [5, 5.41) is 12.6. The van der Waals surface area contributed by atoms with Gasteiger partial charge in [0.2, 0.25) is 5.91 Å². The van der Waals surface area contributed by atoms with Gasteiger partial charge in [-0.2, -0.15) is 5.10 Å². The number of nitrogens with one attached hydrogen (secondary N) is 3. The first-order chi connectivity index (χ1) is 15.7. The lowest BCUT2D eigenvalue weighted by molar-refractivity contribution is -0.121. The molecule has 0 aliphatic carbocycles. The predicted molar refractivity (Wildman–Crippen MR) is 125 cm³/mol. The Morgan fingerprint density at radius 3 is 2.45 bits per heavy atom. The first-order valence-corrected chi connectivity index (χ1v) is 10.7. The van der Waals surface area contributed by atoms with Crippen LogP contribution < -0.4 is 21.7 Å². The zero-order chi connectivity index (χ0) is 24.1. The number of aromatic nitrogens is 3. The van der Waals surface area contributed by atoms with Crippen LogP contribution in [0.5, 0.6) is 0 Å². The van der Waals surface area contributed by atoms with Crippen LogP contribution in [0.2, 0.25) is 0 Å². The summed E-state index contributed by atoms with van der Waals surface area (Å²) >= 11 is 0. The normalized spacial score (nSPS) is 10.9. The number of nitrogens with two attached hydrogens (primary N) is 1. The van der Waals surface area contributed by atoms with Gasteiger partial charge in [0.15, 0.2) is 5.65 Å². The number of urea groups is 1. The average molecular weight is 452 g/mol. The molecule has 33 heavy (non-hydrogen) atoms. The number of benzene rings is 1. The zero-order valence-electron chi connectivity index (χ0n) is 19.2. The molecule has 10 nitrogen and oxygen atoms in total. The molecule has 4 amide bonds. The van der Waals surface area contributed by atoms with E-state index in [4.69, 9.17) is 5.73 Å². The molecule has 5 N–H and O–H groups in total. The standard InChI is InChI=1S/C23H29N7O3/c1-13(2)27-23(33)29-17-7-5-16(6-8-17)11-25-20(31)10-9-18-14(3)28-22-19(21(24)32)12-26-30(22)15(18)4/h5-8,12-13H,9-11H2,1-4H3,(H2,24,32)(H,25,31)(H2,27,29,33). The third-order valence-corrected chi connectivity index (χ3v) is 5.20. The van der Waals surface area contributed by atoms with Crippen LogP contribution in [-0.4, -0.2) is 38.5 Å². The smallest absolute Gasteiger partial charge is 0.319 e. The van der Waals surface area contributed by atoms with Crippen molar-refractivity contribution in [2.45, 2.75) is 53.1 Å². The topological polar surface area (TPSA) is 144 Å². The minimum Gasteiger partial charge on any atom is -0.365 e. The number of hydrogen-bond acceptors (Lipinski definition) is 5. The number of rotatable bonds is 8. The molecule has 0 saturated carbocycles. The molecule has 0 unspecified atom stereocenters. The Balaban J connectivity index is 1.55. The molecule has 1 aromatic carbocycles. The summed E-state index contributed by atoms with van der Waals surface area (Å²) in [6.07, 6.45) is 2.19. The third kappa shape index (κ3) is 5.85. The van der Waals surface area contributed by atoms with Gasteiger partial charge in [0.25, 0.3) is 5.91 Å². The van der Waals surface area contributed by atoms with E-state index in [2.05, 4.69) is 26.0 Å². The molecule has 0 aliphatic rings. The predicted octanol–water partition coefficient (Wildman–Crippen LogP) is 2.22. The van der Waals surface area contributed by atoms with Crippen LogP contribution in [0.3, 0.4) is 0 Å². The quantitative estimate of drug-likeness (QED) is 0.415. The van der Waals surface area contributed by atoms with Crippen molar-refractivity contribution >= 4 is 29.2 Å². The second-order valence-corrected chi connectivity index (χ2v) is 8.15. The van der Waals surface area contributed by atoms with Crippen molar-refractivity contribution in [3.8, 4) is 0 Å². The monoisotopic (exact) mass is 451 g/mol. The van der Waals surface area contributed by atoms with Gasteiger partial charge in [-0.25, -0.2) is 14.3 Å². The minimum absolute atomic E-state index is 0.0527. The Labute approximate surface area is 192 Å². The van der Waals surface area contributed by atoms with Gasteiger partial charge in [0.05, 0.1) is 6.20 Å². The third-order valence-electron chi connectivity index (χ3n) is 5.20. The van der Waals surface area contributed by atoms with Crippen molar-refractivity contribution in [3.05, 3.63) is 58.5 Å². The second kappa shape index (κ2) is 10.1. The molecule has 10 heteroatoms. The molecule has 0 saturated heterocycles. The molecule has 0 fully saturated rings. The molecule has 0 bridgehead atoms. The van der Waals surface area contributed by atoms with E-state index in [-0.39, 0.29) is 30.0 Å². The van der Waals surface area contributed by atoms with Crippen LogP contribution in [0.15, 0.2) is 30.5 Å². The molecule has 0 radical (unpaired) electrons. The fraction of sp³-hybridized carbons (Fsp3) is 0.348. The highest BCUT2D eigenvalue weighted by Gasteiger charge is 2.17. The Kier molecular flexibility index (Phi) is 7.27. The van der Waals surface area contributed by atoms with Crippen LogP contribution in [0.25, 0.3) is 5.65 Å². The van der Waals surface area contributed by atoms with Gasteiger partial charge in [0, 0.05) is 36.1 Å². The van der Waals surface area contributed by atoms with Crippen LogP contribution in [0.4, 0.5) is 10.5 Å². The van der Waals surface area contributed by atoms with Crippen molar-refractivity contribution in [1.82, 2.24) is 25.2 Å². The highest BCUT2D eigenvalue weighted by molar-refractivity contribution is 5.98. The van der Waals surface area contributed by atoms with Crippen molar-refractivity contribution in [2.24, 2.45) is 5.73 Å². The summed E-state index contributed by atoms with van der Waals surface area (Å²) < 4.78 is 1.58. The van der Waals surface area contributed by atoms with Crippen molar-refractivity contribution in [1.29, 1.82) is 0 Å². The summed E-state index contributed by atoms with van der Waals surface area (Å²) in [6, 6.07) is 7.08. The van der Waals surface area contributed by atoms with E-state index >= 15 is 0 Å². The van der Waals surface area contributed by atoms with Crippen molar-refractivity contribution < 1.29 is 14.4 Å². The lowest BCUT2D eigenvalue weighted by Gasteiger charge is -2.12. The molecule has 2 aromatic heterocycles. The van der Waals surface area contributed by atoms with Gasteiger partial charge in [0.1, 0.15) is 5.56 Å². The maximum atomic E-state index is 12.4. The van der Waals surface area contributed by atoms with E-state index in [1.54, 1.807) is 16.6 Å². The molecular weight excluding hydrogens is 422 g/mol. The maximum Gasteiger partial charge on any atom is 0.319 e. The van der Waals surface area contributed by atoms with E-state index in [9.17, 15) is 14.4 Å². The number of anilines is 1. The summed E-state index contributed by atoms with van der Waals surface area (Å²) in [7, 11) is 0. The summed E-state index contributed by atoms with van der Waals surface area (Å²) in [5.41, 5.74) is 10.1. The highest BCUT2D eigenvalue weighted by atomic mass is 16.2. The Morgan fingerprint density at radius 1 is 1.12 bits per heavy atom. The average Bonchev–Trinajstić information content (AvgIpc) is 3.16. The highest BCUT2D eigenvalue weighted by Crippen LogP contribution is 2.18. The number of amides is 4. The lowest BCUT2D eigenvalue weighted by atomic mass is 10.1. The number of hydrogen-bond donors (Lipinski definition) is 4. The van der Waals surface area contributed by atoms with E-state index in [1.807, 2.05) is 39.8 Å². The number of fused-ring (bicyclic) bond motifs is 1. The molecule has 0 spiro atoms. The maximum absolute atomic E-state index is 12.4. The Bertz CT molecular complexity index is 1180. The van der Waals surface area contributed by atoms with Crippen molar-refractivity contribution in [3.63, 3.8) is 0 Å². The minimum atomic E-state index is -0.578. The molecular formula is C23H29N7O3. The Morgan fingerprint density at radius 2 is 1.82 bits per heavy atom. The molecule has 3 aromatic rings. The number of carbonyl (C=O) groups is 3. The summed E-state index contributed by atoms with van der Waals surface area (Å²) in [4.78, 5) is 40.2. The number of nitrogens with zero attached hydrogens (tertiary/aromatic N) is 3. The van der Waals surface area contributed by atoms with Crippen LogP contribution in [0.1, 0.15) is 53.1 Å². The van der Waals surface area contributed by atoms with Gasteiger partial charge in [-0.05, 0) is 57.4 Å². The lowest BCUT2D eigenvalue weighted by Crippen LogP contribution is -2.34. The molecule has 3 rings (SSSR count). The first kappa shape index (κ1) is 23.7. The van der Waals surface area contributed by atoms with Gasteiger partial charge in [-0.3, -0.25) is 9.59 Å². The van der Waals surface area contributed by atoms with Crippen molar-refractivity contribution in [2.75, 3.05) is 5.32 Å². The molecule has 0 atom stereocenters. The van der Waals surface area contributed by atoms with Crippen LogP contribution >= 0.6 is 0 Å². The van der Waals surface area contributed by atoms with E-state index < -0.39 is 5.91 Å². The summed E-state index contributed by atoms with van der Waals surface area (Å²) in [5.74, 6) is -0.670. The van der Waals surface area contributed by atoms with Gasteiger partial charge in [-0.1, -0.05) is 12.1 Å². The van der Waals surface area contributed by atoms with Crippen LogP contribution in [0, 0.1) is 13.8 Å². The van der Waals surface area contributed by atoms with E-state index in [0.29, 0.717) is 24.3 Å². The summed E-state index contributed by atoms with van der Waals surface area (Å²) in [6.45, 7) is 7.88. The molecule has 2 heterocycles. The molecule has 0 aliphatic heterocycles. The molecule has 174 valence electrons. The SMILES string of the molecule is Cc1nc2c(C(N)=O)cnn2c(C)c1CCC(=O)NCc1ccc(NC(=O)NC(C)C)cc1. The largest absolute Gasteiger partial charge is 0.365 e. The van der Waals surface area contributed by atoms with Gasteiger partial charge >= 0.3 is 6.03 Å². The number of aryl methyl sites for hydroxylation is 2. The number of primary amides is 1. The Hall–Kier alpha value is -3.95. The van der Waals surface area contributed by atoms with E-state index in [1.165, 1.54) is 6.20 Å². The fourth-order valence-electron chi connectivity index (χ4n) is 3.51.